The monoisotopic (exact) mass is 556 g/mol. The second-order valence-corrected chi connectivity index (χ2v) is 9.73. The van der Waals surface area contributed by atoms with Crippen LogP contribution in [0, 0.1) is 0 Å². The summed E-state index contributed by atoms with van der Waals surface area (Å²) >= 11 is 2.02. The highest BCUT2D eigenvalue weighted by Crippen LogP contribution is 2.21. The van der Waals surface area contributed by atoms with Gasteiger partial charge in [-0.25, -0.2) is 18.1 Å². The van der Waals surface area contributed by atoms with Gasteiger partial charge in [-0.15, -0.1) is 24.0 Å². The lowest BCUT2D eigenvalue weighted by Gasteiger charge is -2.34. The molecule has 0 saturated carbocycles. The molecule has 1 atom stereocenters. The van der Waals surface area contributed by atoms with E-state index in [1.54, 1.807) is 25.3 Å². The van der Waals surface area contributed by atoms with Crippen LogP contribution in [0.25, 0.3) is 0 Å². The minimum atomic E-state index is -3.54. The van der Waals surface area contributed by atoms with Crippen LogP contribution in [0.5, 0.6) is 0 Å². The summed E-state index contributed by atoms with van der Waals surface area (Å²) < 4.78 is 32.2. The molecule has 0 amide bonds. The molecular weight excluding hydrogens is 523 g/mol. The SMILES string of the molecule is CCNC(=NCc1cccc(S(=O)(=O)NCCOC)c1)N1CCSC(CC)C1.I. The van der Waals surface area contributed by atoms with Crippen molar-refractivity contribution in [1.82, 2.24) is 14.9 Å². The van der Waals surface area contributed by atoms with Crippen molar-refractivity contribution < 1.29 is 13.2 Å². The third-order valence-corrected chi connectivity index (χ3v) is 7.28. The number of sulfonamides is 1. The number of halogens is 1. The minimum Gasteiger partial charge on any atom is -0.383 e. The third-order valence-electron chi connectivity index (χ3n) is 4.45. The third kappa shape index (κ3) is 8.60. The first kappa shape index (κ1) is 26.5. The van der Waals surface area contributed by atoms with Crippen LogP contribution in [0.3, 0.4) is 0 Å². The fourth-order valence-corrected chi connectivity index (χ4v) is 5.19. The number of hydrogen-bond acceptors (Lipinski definition) is 5. The van der Waals surface area contributed by atoms with Crippen LogP contribution in [0.2, 0.25) is 0 Å². The lowest BCUT2D eigenvalue weighted by molar-refractivity contribution is 0.204. The van der Waals surface area contributed by atoms with Crippen LogP contribution in [-0.2, 0) is 21.3 Å². The summed E-state index contributed by atoms with van der Waals surface area (Å²) in [5.74, 6) is 2.00. The Morgan fingerprint density at radius 2 is 2.17 bits per heavy atom. The molecule has 2 N–H and O–H groups in total. The molecule has 1 heterocycles. The van der Waals surface area contributed by atoms with Crippen LogP contribution in [0.1, 0.15) is 25.8 Å². The summed E-state index contributed by atoms with van der Waals surface area (Å²) in [6.07, 6.45) is 1.15. The quantitative estimate of drug-likeness (QED) is 0.211. The van der Waals surface area contributed by atoms with Crippen LogP contribution >= 0.6 is 35.7 Å². The number of aliphatic imine (C=N–C) groups is 1. The molecule has 2 rings (SSSR count). The lowest BCUT2D eigenvalue weighted by atomic mass is 10.2. The molecule has 0 bridgehead atoms. The molecule has 0 aliphatic carbocycles. The zero-order valence-corrected chi connectivity index (χ0v) is 21.4. The molecule has 7 nitrogen and oxygen atoms in total. The van der Waals surface area contributed by atoms with Gasteiger partial charge in [0.1, 0.15) is 0 Å². The minimum absolute atomic E-state index is 0. The lowest BCUT2D eigenvalue weighted by Crippen LogP contribution is -2.48. The Morgan fingerprint density at radius 1 is 1.38 bits per heavy atom. The van der Waals surface area contributed by atoms with Gasteiger partial charge in [0, 0.05) is 44.3 Å². The van der Waals surface area contributed by atoms with Crippen LogP contribution in [-0.4, -0.2) is 70.2 Å². The molecule has 1 fully saturated rings. The summed E-state index contributed by atoms with van der Waals surface area (Å²) in [6, 6.07) is 6.94. The first-order valence-electron chi connectivity index (χ1n) is 9.72. The average molecular weight is 557 g/mol. The molecule has 0 aromatic heterocycles. The molecule has 166 valence electrons. The van der Waals surface area contributed by atoms with Gasteiger partial charge in [-0.2, -0.15) is 11.8 Å². The van der Waals surface area contributed by atoms with Gasteiger partial charge in [0.15, 0.2) is 5.96 Å². The van der Waals surface area contributed by atoms with E-state index in [9.17, 15) is 8.42 Å². The van der Waals surface area contributed by atoms with Crippen LogP contribution < -0.4 is 10.0 Å². The zero-order valence-electron chi connectivity index (χ0n) is 17.4. The van der Waals surface area contributed by atoms with E-state index in [2.05, 4.69) is 28.8 Å². The number of rotatable bonds is 9. The molecule has 29 heavy (non-hydrogen) atoms. The van der Waals surface area contributed by atoms with Crippen molar-refractivity contribution in [3.63, 3.8) is 0 Å². The second-order valence-electron chi connectivity index (χ2n) is 6.56. The Balaban J connectivity index is 0.00000420. The van der Waals surface area contributed by atoms with Crippen molar-refractivity contribution in [3.05, 3.63) is 29.8 Å². The summed E-state index contributed by atoms with van der Waals surface area (Å²) in [4.78, 5) is 7.32. The maximum absolute atomic E-state index is 12.4. The highest BCUT2D eigenvalue weighted by molar-refractivity contribution is 14.0. The topological polar surface area (TPSA) is 83.0 Å². The number of hydrogen-bond donors (Lipinski definition) is 2. The number of guanidine groups is 1. The number of nitrogens with zero attached hydrogens (tertiary/aromatic N) is 2. The van der Waals surface area contributed by atoms with Crippen molar-refractivity contribution in [1.29, 1.82) is 0 Å². The standard InChI is InChI=1S/C19H32N4O3S2.HI/c1-4-17-15-23(10-12-27-17)19(20-5-2)21-14-16-7-6-8-18(13-16)28(24,25)22-9-11-26-3;/h6-8,13,17,22H,4-5,9-12,14-15H2,1-3H3,(H,20,21);1H. The van der Waals surface area contributed by atoms with E-state index in [0.29, 0.717) is 18.4 Å². The number of nitrogens with one attached hydrogen (secondary N) is 2. The Kier molecular flexibility index (Phi) is 12.5. The van der Waals surface area contributed by atoms with E-state index < -0.39 is 10.0 Å². The molecule has 0 radical (unpaired) electrons. The Bertz CT molecular complexity index is 747. The van der Waals surface area contributed by atoms with E-state index in [1.807, 2.05) is 17.8 Å². The first-order valence-corrected chi connectivity index (χ1v) is 12.3. The number of thioether (sulfide) groups is 1. The van der Waals surface area contributed by atoms with E-state index >= 15 is 0 Å². The fraction of sp³-hybridized carbons (Fsp3) is 0.632. The van der Waals surface area contributed by atoms with E-state index in [4.69, 9.17) is 9.73 Å². The zero-order chi connectivity index (χ0) is 20.4. The first-order chi connectivity index (χ1) is 13.5. The second kappa shape index (κ2) is 13.7. The van der Waals surface area contributed by atoms with E-state index in [0.717, 1.165) is 43.3 Å². The Hall–Kier alpha value is -0.560. The molecule has 1 aliphatic heterocycles. The maximum atomic E-state index is 12.4. The number of ether oxygens (including phenoxy) is 1. The molecule has 0 spiro atoms. The van der Waals surface area contributed by atoms with Gasteiger partial charge in [0.2, 0.25) is 10.0 Å². The smallest absolute Gasteiger partial charge is 0.240 e. The van der Waals surface area contributed by atoms with Crippen molar-refractivity contribution in [3.8, 4) is 0 Å². The molecule has 1 saturated heterocycles. The van der Waals surface area contributed by atoms with Crippen molar-refractivity contribution in [2.45, 2.75) is 37.0 Å². The molecule has 1 aromatic carbocycles. The van der Waals surface area contributed by atoms with Crippen LogP contribution in [0.4, 0.5) is 0 Å². The Morgan fingerprint density at radius 3 is 2.86 bits per heavy atom. The van der Waals surface area contributed by atoms with Gasteiger partial charge < -0.3 is 15.0 Å². The summed E-state index contributed by atoms with van der Waals surface area (Å²) in [7, 11) is -2.00. The molecule has 1 unspecified atom stereocenters. The van der Waals surface area contributed by atoms with Gasteiger partial charge in [-0.3, -0.25) is 0 Å². The molecule has 1 aromatic rings. The predicted molar refractivity (Wildman–Crippen MR) is 132 cm³/mol. The predicted octanol–water partition coefficient (Wildman–Crippen LogP) is 2.52. The van der Waals surface area contributed by atoms with Crippen molar-refractivity contribution >= 4 is 51.7 Å². The summed E-state index contributed by atoms with van der Waals surface area (Å²) in [5, 5.41) is 4.00. The van der Waals surface area contributed by atoms with Crippen molar-refractivity contribution in [2.24, 2.45) is 4.99 Å². The van der Waals surface area contributed by atoms with Crippen molar-refractivity contribution in [2.75, 3.05) is 45.6 Å². The highest BCUT2D eigenvalue weighted by atomic mass is 127. The normalized spacial score (nSPS) is 17.7. The van der Waals surface area contributed by atoms with Gasteiger partial charge in [-0.1, -0.05) is 19.1 Å². The number of methoxy groups -OCH3 is 1. The van der Waals surface area contributed by atoms with E-state index in [1.165, 1.54) is 0 Å². The highest BCUT2D eigenvalue weighted by Gasteiger charge is 2.21. The molecule has 10 heteroatoms. The van der Waals surface area contributed by atoms with Gasteiger partial charge in [0.05, 0.1) is 18.0 Å². The molecule has 1 aliphatic rings. The fourth-order valence-electron chi connectivity index (χ4n) is 2.92. The van der Waals surface area contributed by atoms with Crippen LogP contribution in [0.15, 0.2) is 34.2 Å². The maximum Gasteiger partial charge on any atom is 0.240 e. The average Bonchev–Trinajstić information content (AvgIpc) is 2.71. The van der Waals surface area contributed by atoms with Gasteiger partial charge in [0.25, 0.3) is 0 Å². The number of benzene rings is 1. The Labute approximate surface area is 196 Å². The van der Waals surface area contributed by atoms with Gasteiger partial charge >= 0.3 is 0 Å². The molecular formula is C19H33IN4O3S2. The summed E-state index contributed by atoms with van der Waals surface area (Å²) in [6.45, 7) is 8.07. The van der Waals surface area contributed by atoms with Gasteiger partial charge in [-0.05, 0) is 31.0 Å². The largest absolute Gasteiger partial charge is 0.383 e. The summed E-state index contributed by atoms with van der Waals surface area (Å²) in [5.41, 5.74) is 0.864. The van der Waals surface area contributed by atoms with E-state index in [-0.39, 0.29) is 35.4 Å².